The van der Waals surface area contributed by atoms with Gasteiger partial charge in [0.2, 0.25) is 10.0 Å². The van der Waals surface area contributed by atoms with Crippen molar-refractivity contribution in [1.29, 1.82) is 0 Å². The summed E-state index contributed by atoms with van der Waals surface area (Å²) in [6.07, 6.45) is 1.76. The second kappa shape index (κ2) is 8.53. The van der Waals surface area contributed by atoms with Crippen molar-refractivity contribution in [2.24, 2.45) is 0 Å². The molecule has 2 atom stereocenters. The SMILES string of the molecule is COc1cc(OC)c(S(=O)(=O)NC2CCCNC2C)cc1Br.Cl. The van der Waals surface area contributed by atoms with Crippen LogP contribution in [-0.2, 0) is 10.0 Å². The van der Waals surface area contributed by atoms with Crippen LogP contribution in [-0.4, -0.2) is 41.3 Å². The first kappa shape index (κ1) is 20.5. The number of methoxy groups -OCH3 is 2. The number of piperidine rings is 1. The summed E-state index contributed by atoms with van der Waals surface area (Å²) in [6, 6.07) is 3.02. The highest BCUT2D eigenvalue weighted by Crippen LogP contribution is 2.35. The molecule has 132 valence electrons. The number of rotatable bonds is 5. The van der Waals surface area contributed by atoms with Crippen LogP contribution < -0.4 is 19.5 Å². The predicted molar refractivity (Wildman–Crippen MR) is 95.3 cm³/mol. The van der Waals surface area contributed by atoms with Crippen LogP contribution in [0.4, 0.5) is 0 Å². The van der Waals surface area contributed by atoms with E-state index in [4.69, 9.17) is 9.47 Å². The summed E-state index contributed by atoms with van der Waals surface area (Å²) in [5.74, 6) is 0.771. The minimum Gasteiger partial charge on any atom is -0.495 e. The first-order chi connectivity index (χ1) is 10.4. The first-order valence-electron chi connectivity index (χ1n) is 7.06. The molecule has 23 heavy (non-hydrogen) atoms. The number of nitrogens with one attached hydrogen (secondary N) is 2. The minimum atomic E-state index is -3.68. The molecular formula is C14H22BrClN2O4S. The lowest BCUT2D eigenvalue weighted by Gasteiger charge is -2.30. The molecule has 0 bridgehead atoms. The number of ether oxygens (including phenoxy) is 2. The van der Waals surface area contributed by atoms with Gasteiger partial charge in [-0.2, -0.15) is 0 Å². The Balaban J connectivity index is 0.00000264. The third-order valence-corrected chi connectivity index (χ3v) is 5.93. The molecule has 0 radical (unpaired) electrons. The fraction of sp³-hybridized carbons (Fsp3) is 0.571. The van der Waals surface area contributed by atoms with E-state index in [0.717, 1.165) is 19.4 Å². The van der Waals surface area contributed by atoms with Crippen LogP contribution in [0.3, 0.4) is 0 Å². The number of hydrogen-bond acceptors (Lipinski definition) is 5. The Bertz CT molecular complexity index is 642. The predicted octanol–water partition coefficient (Wildman–Crippen LogP) is 2.31. The van der Waals surface area contributed by atoms with Crippen LogP contribution in [0.2, 0.25) is 0 Å². The topological polar surface area (TPSA) is 76.7 Å². The van der Waals surface area contributed by atoms with Gasteiger partial charge in [-0.1, -0.05) is 0 Å². The molecule has 2 N–H and O–H groups in total. The Morgan fingerprint density at radius 3 is 2.48 bits per heavy atom. The largest absolute Gasteiger partial charge is 0.495 e. The molecule has 1 aliphatic heterocycles. The van der Waals surface area contributed by atoms with E-state index in [1.54, 1.807) is 6.07 Å². The molecule has 0 saturated carbocycles. The van der Waals surface area contributed by atoms with E-state index in [1.165, 1.54) is 20.3 Å². The van der Waals surface area contributed by atoms with Gasteiger partial charge in [-0.15, -0.1) is 12.4 Å². The quantitative estimate of drug-likeness (QED) is 0.751. The molecule has 1 aromatic carbocycles. The highest BCUT2D eigenvalue weighted by molar-refractivity contribution is 9.10. The normalized spacial score (nSPS) is 21.4. The highest BCUT2D eigenvalue weighted by Gasteiger charge is 2.29. The van der Waals surface area contributed by atoms with Crippen molar-refractivity contribution in [1.82, 2.24) is 10.0 Å². The van der Waals surface area contributed by atoms with Gasteiger partial charge in [-0.05, 0) is 48.3 Å². The van der Waals surface area contributed by atoms with E-state index in [2.05, 4.69) is 26.0 Å². The second-order valence-corrected chi connectivity index (χ2v) is 7.79. The van der Waals surface area contributed by atoms with E-state index < -0.39 is 10.0 Å². The summed E-state index contributed by atoms with van der Waals surface area (Å²) in [5.41, 5.74) is 0. The van der Waals surface area contributed by atoms with Gasteiger partial charge in [0.15, 0.2) is 0 Å². The van der Waals surface area contributed by atoms with Crippen LogP contribution in [0.25, 0.3) is 0 Å². The maximum atomic E-state index is 12.7. The number of sulfonamides is 1. The van der Waals surface area contributed by atoms with Crippen molar-refractivity contribution in [3.63, 3.8) is 0 Å². The number of hydrogen-bond donors (Lipinski definition) is 2. The van der Waals surface area contributed by atoms with Crippen molar-refractivity contribution >= 4 is 38.4 Å². The van der Waals surface area contributed by atoms with E-state index in [0.29, 0.717) is 10.2 Å². The highest BCUT2D eigenvalue weighted by atomic mass is 79.9. The fourth-order valence-corrected chi connectivity index (χ4v) is 4.69. The molecule has 0 aromatic heterocycles. The summed E-state index contributed by atoms with van der Waals surface area (Å²) >= 11 is 3.32. The van der Waals surface area contributed by atoms with Crippen LogP contribution in [0.1, 0.15) is 19.8 Å². The third-order valence-electron chi connectivity index (χ3n) is 3.80. The average molecular weight is 430 g/mol. The van der Waals surface area contributed by atoms with Crippen LogP contribution in [0.15, 0.2) is 21.5 Å². The number of halogens is 2. The maximum Gasteiger partial charge on any atom is 0.244 e. The van der Waals surface area contributed by atoms with Crippen molar-refractivity contribution < 1.29 is 17.9 Å². The van der Waals surface area contributed by atoms with Gasteiger partial charge in [0.1, 0.15) is 16.4 Å². The van der Waals surface area contributed by atoms with Crippen molar-refractivity contribution in [2.75, 3.05) is 20.8 Å². The lowest BCUT2D eigenvalue weighted by Crippen LogP contribution is -2.51. The van der Waals surface area contributed by atoms with E-state index in [-0.39, 0.29) is 35.1 Å². The second-order valence-electron chi connectivity index (χ2n) is 5.25. The van der Waals surface area contributed by atoms with Gasteiger partial charge < -0.3 is 14.8 Å². The Kier molecular flexibility index (Phi) is 7.60. The molecule has 1 fully saturated rings. The van der Waals surface area contributed by atoms with Gasteiger partial charge in [0.25, 0.3) is 0 Å². The van der Waals surface area contributed by atoms with Crippen LogP contribution in [0, 0.1) is 0 Å². The lowest BCUT2D eigenvalue weighted by molar-refractivity contribution is 0.347. The van der Waals surface area contributed by atoms with Crippen LogP contribution >= 0.6 is 28.3 Å². The summed E-state index contributed by atoms with van der Waals surface area (Å²) < 4.78 is 39.1. The Labute approximate surface area is 151 Å². The Morgan fingerprint density at radius 2 is 1.91 bits per heavy atom. The molecule has 2 rings (SSSR count). The molecule has 1 saturated heterocycles. The molecule has 2 unspecified atom stereocenters. The Morgan fingerprint density at radius 1 is 1.26 bits per heavy atom. The van der Waals surface area contributed by atoms with Crippen LogP contribution in [0.5, 0.6) is 11.5 Å². The number of benzene rings is 1. The lowest BCUT2D eigenvalue weighted by atomic mass is 10.0. The zero-order chi connectivity index (χ0) is 16.3. The molecule has 1 aliphatic rings. The van der Waals surface area contributed by atoms with Gasteiger partial charge in [-0.25, -0.2) is 13.1 Å². The van der Waals surface area contributed by atoms with Gasteiger partial charge >= 0.3 is 0 Å². The molecule has 9 heteroatoms. The smallest absolute Gasteiger partial charge is 0.244 e. The van der Waals surface area contributed by atoms with E-state index >= 15 is 0 Å². The van der Waals surface area contributed by atoms with Gasteiger partial charge in [-0.3, -0.25) is 0 Å². The zero-order valence-corrected chi connectivity index (χ0v) is 16.5. The molecule has 0 spiro atoms. The monoisotopic (exact) mass is 428 g/mol. The third kappa shape index (κ3) is 4.73. The first-order valence-corrected chi connectivity index (χ1v) is 9.34. The molecule has 6 nitrogen and oxygen atoms in total. The van der Waals surface area contributed by atoms with E-state index in [9.17, 15) is 8.42 Å². The maximum absolute atomic E-state index is 12.7. The average Bonchev–Trinajstić information content (AvgIpc) is 2.49. The molecule has 1 heterocycles. The standard InChI is InChI=1S/C14H21BrN2O4S.ClH/c1-9-11(5-4-6-16-9)17-22(18,19)14-7-10(15)12(20-2)8-13(14)21-3;/h7-9,11,16-17H,4-6H2,1-3H3;1H. The van der Waals surface area contributed by atoms with Crippen molar-refractivity contribution in [3.8, 4) is 11.5 Å². The Hall–Kier alpha value is -0.540. The fourth-order valence-electron chi connectivity index (χ4n) is 2.51. The zero-order valence-electron chi connectivity index (χ0n) is 13.3. The van der Waals surface area contributed by atoms with Crippen molar-refractivity contribution in [2.45, 2.75) is 36.7 Å². The van der Waals surface area contributed by atoms with Gasteiger partial charge in [0, 0.05) is 18.2 Å². The molecule has 1 aromatic rings. The summed E-state index contributed by atoms with van der Waals surface area (Å²) in [4.78, 5) is 0.0976. The molecule has 0 amide bonds. The molecule has 0 aliphatic carbocycles. The van der Waals surface area contributed by atoms with Gasteiger partial charge in [0.05, 0.1) is 18.7 Å². The van der Waals surface area contributed by atoms with Crippen molar-refractivity contribution in [3.05, 3.63) is 16.6 Å². The van der Waals surface area contributed by atoms with E-state index in [1.807, 2.05) is 6.92 Å². The summed E-state index contributed by atoms with van der Waals surface area (Å²) in [7, 11) is -0.731. The minimum absolute atomic E-state index is 0. The summed E-state index contributed by atoms with van der Waals surface area (Å²) in [5, 5.41) is 3.28. The summed E-state index contributed by atoms with van der Waals surface area (Å²) in [6.45, 7) is 2.89. The molecular weight excluding hydrogens is 408 g/mol.